The second-order valence-electron chi connectivity index (χ2n) is 3.34. The van der Waals surface area contributed by atoms with E-state index in [2.05, 4.69) is 0 Å². The number of halogens is 1. The molecule has 0 atom stereocenters. The highest BCUT2D eigenvalue weighted by molar-refractivity contribution is 7.91. The number of hydrogen-bond acceptors (Lipinski definition) is 4. The minimum absolute atomic E-state index is 0.188. The number of hydrogen-bond donors (Lipinski definition) is 0. The Bertz CT molecular complexity index is 508. The molecule has 6 heteroatoms. The molecule has 1 rings (SSSR count). The van der Waals surface area contributed by atoms with Crippen molar-refractivity contribution in [2.75, 3.05) is 19.1 Å². The zero-order chi connectivity index (χ0) is 12.3. The van der Waals surface area contributed by atoms with Gasteiger partial charge in [-0.1, -0.05) is 11.6 Å². The second kappa shape index (κ2) is 4.84. The highest BCUT2D eigenvalue weighted by atomic mass is 35.5. The molecule has 1 aromatic rings. The van der Waals surface area contributed by atoms with Crippen LogP contribution in [-0.2, 0) is 9.84 Å². The van der Waals surface area contributed by atoms with Crippen LogP contribution in [0.4, 0.5) is 0 Å². The lowest BCUT2D eigenvalue weighted by Gasteiger charge is -2.05. The predicted octanol–water partition coefficient (Wildman–Crippen LogP) is 1.58. The third kappa shape index (κ3) is 3.50. The summed E-state index contributed by atoms with van der Waals surface area (Å²) in [5.41, 5.74) is 0.188. The van der Waals surface area contributed by atoms with E-state index in [1.54, 1.807) is 6.07 Å². The number of Topliss-reactive ketones (excluding diaryl/α,β-unsaturated/α-hetero) is 1. The van der Waals surface area contributed by atoms with Gasteiger partial charge in [0.25, 0.3) is 0 Å². The summed E-state index contributed by atoms with van der Waals surface area (Å²) in [7, 11) is -1.87. The van der Waals surface area contributed by atoms with Crippen LogP contribution in [0.15, 0.2) is 18.2 Å². The van der Waals surface area contributed by atoms with E-state index < -0.39 is 21.4 Å². The fourth-order valence-corrected chi connectivity index (χ4v) is 2.07. The van der Waals surface area contributed by atoms with Gasteiger partial charge in [-0.2, -0.15) is 0 Å². The molecule has 0 fully saturated rings. The van der Waals surface area contributed by atoms with E-state index in [-0.39, 0.29) is 10.6 Å². The van der Waals surface area contributed by atoms with Gasteiger partial charge in [0.05, 0.1) is 12.1 Å². The molecule has 0 spiro atoms. The molecule has 0 radical (unpaired) electrons. The molecule has 1 aromatic carbocycles. The molecule has 88 valence electrons. The molecule has 16 heavy (non-hydrogen) atoms. The van der Waals surface area contributed by atoms with Crippen LogP contribution in [-0.4, -0.2) is 33.3 Å². The van der Waals surface area contributed by atoms with Crippen molar-refractivity contribution >= 4 is 27.2 Å². The molecular formula is C10H11ClO4S. The molecule has 0 saturated carbocycles. The first-order chi connectivity index (χ1) is 7.33. The standard InChI is InChI=1S/C10H11ClO4S/c1-15-7-3-4-8(9(11)5-7)10(12)6-16(2,13)14/h3-5H,6H2,1-2H3. The molecule has 0 bridgehead atoms. The average molecular weight is 263 g/mol. The largest absolute Gasteiger partial charge is 0.497 e. The highest BCUT2D eigenvalue weighted by Crippen LogP contribution is 2.22. The Morgan fingerprint density at radius 3 is 2.50 bits per heavy atom. The molecule has 0 N–H and O–H groups in total. The summed E-state index contributed by atoms with van der Waals surface area (Å²) in [6.45, 7) is 0. The van der Waals surface area contributed by atoms with Gasteiger partial charge in [-0.05, 0) is 18.2 Å². The van der Waals surface area contributed by atoms with Crippen LogP contribution in [0.1, 0.15) is 10.4 Å². The summed E-state index contributed by atoms with van der Waals surface area (Å²) in [6.07, 6.45) is 1.00. The number of ketones is 1. The monoisotopic (exact) mass is 262 g/mol. The maximum Gasteiger partial charge on any atom is 0.179 e. The van der Waals surface area contributed by atoms with Gasteiger partial charge >= 0.3 is 0 Å². The Hall–Kier alpha value is -1.07. The molecule has 0 saturated heterocycles. The normalized spacial score (nSPS) is 11.2. The second-order valence-corrected chi connectivity index (χ2v) is 5.89. The van der Waals surface area contributed by atoms with Crippen LogP contribution in [0.5, 0.6) is 5.75 Å². The van der Waals surface area contributed by atoms with Crippen LogP contribution in [0.25, 0.3) is 0 Å². The zero-order valence-electron chi connectivity index (χ0n) is 8.86. The van der Waals surface area contributed by atoms with E-state index in [1.165, 1.54) is 19.2 Å². The molecule has 0 unspecified atom stereocenters. The van der Waals surface area contributed by atoms with Crippen molar-refractivity contribution in [1.82, 2.24) is 0 Å². The van der Waals surface area contributed by atoms with E-state index >= 15 is 0 Å². The van der Waals surface area contributed by atoms with Crippen molar-refractivity contribution in [2.45, 2.75) is 0 Å². The van der Waals surface area contributed by atoms with E-state index in [1.807, 2.05) is 0 Å². The van der Waals surface area contributed by atoms with Gasteiger partial charge in [0.15, 0.2) is 15.6 Å². The van der Waals surface area contributed by atoms with Crippen molar-refractivity contribution < 1.29 is 17.9 Å². The lowest BCUT2D eigenvalue weighted by atomic mass is 10.1. The van der Waals surface area contributed by atoms with Gasteiger partial charge < -0.3 is 4.74 Å². The highest BCUT2D eigenvalue weighted by Gasteiger charge is 2.16. The molecule has 0 aliphatic carbocycles. The quantitative estimate of drug-likeness (QED) is 0.773. The number of carbonyl (C=O) groups excluding carboxylic acids is 1. The lowest BCUT2D eigenvalue weighted by molar-refractivity contribution is 0.102. The molecule has 0 aromatic heterocycles. The number of benzene rings is 1. The third-order valence-electron chi connectivity index (χ3n) is 1.87. The van der Waals surface area contributed by atoms with Crippen LogP contribution >= 0.6 is 11.6 Å². The molecule has 0 heterocycles. The van der Waals surface area contributed by atoms with E-state index in [9.17, 15) is 13.2 Å². The van der Waals surface area contributed by atoms with Crippen LogP contribution in [0.3, 0.4) is 0 Å². The molecular weight excluding hydrogens is 252 g/mol. The smallest absolute Gasteiger partial charge is 0.179 e. The number of rotatable bonds is 4. The summed E-state index contributed by atoms with van der Waals surface area (Å²) >= 11 is 5.84. The maximum atomic E-state index is 11.6. The summed E-state index contributed by atoms with van der Waals surface area (Å²) in [5, 5.41) is 0.188. The van der Waals surface area contributed by atoms with Crippen molar-refractivity contribution in [1.29, 1.82) is 0 Å². The minimum Gasteiger partial charge on any atom is -0.497 e. The third-order valence-corrected chi connectivity index (χ3v) is 2.97. The minimum atomic E-state index is -3.34. The van der Waals surface area contributed by atoms with Gasteiger partial charge in [-0.25, -0.2) is 8.42 Å². The maximum absolute atomic E-state index is 11.6. The number of sulfone groups is 1. The number of methoxy groups -OCH3 is 1. The van der Waals surface area contributed by atoms with Gasteiger partial charge in [-0.15, -0.1) is 0 Å². The van der Waals surface area contributed by atoms with Crippen LogP contribution < -0.4 is 4.74 Å². The van der Waals surface area contributed by atoms with Gasteiger partial charge in [0.1, 0.15) is 11.5 Å². The number of ether oxygens (including phenoxy) is 1. The van der Waals surface area contributed by atoms with Gasteiger partial charge in [-0.3, -0.25) is 4.79 Å². The predicted molar refractivity (Wildman–Crippen MR) is 62.0 cm³/mol. The Morgan fingerprint density at radius 1 is 1.44 bits per heavy atom. The van der Waals surface area contributed by atoms with Crippen molar-refractivity contribution in [3.05, 3.63) is 28.8 Å². The van der Waals surface area contributed by atoms with Crippen molar-refractivity contribution in [3.63, 3.8) is 0 Å². The van der Waals surface area contributed by atoms with Crippen LogP contribution in [0, 0.1) is 0 Å². The fourth-order valence-electron chi connectivity index (χ4n) is 1.16. The van der Waals surface area contributed by atoms with E-state index in [4.69, 9.17) is 16.3 Å². The van der Waals surface area contributed by atoms with E-state index in [0.717, 1.165) is 6.26 Å². The first-order valence-corrected chi connectivity index (χ1v) is 6.82. The summed E-state index contributed by atoms with van der Waals surface area (Å²) in [5.74, 6) is -0.546. The number of carbonyl (C=O) groups is 1. The zero-order valence-corrected chi connectivity index (χ0v) is 10.4. The average Bonchev–Trinajstić information content (AvgIpc) is 2.14. The topological polar surface area (TPSA) is 60.4 Å². The van der Waals surface area contributed by atoms with Gasteiger partial charge in [0, 0.05) is 11.8 Å². The fraction of sp³-hybridized carbons (Fsp3) is 0.300. The summed E-state index contributed by atoms with van der Waals surface area (Å²) < 4.78 is 26.8. The van der Waals surface area contributed by atoms with Crippen LogP contribution in [0.2, 0.25) is 5.02 Å². The Labute approximate surface area is 99.1 Å². The molecule has 0 aliphatic rings. The first-order valence-electron chi connectivity index (χ1n) is 4.38. The SMILES string of the molecule is COc1ccc(C(=O)CS(C)(=O)=O)c(Cl)c1. The lowest BCUT2D eigenvalue weighted by Crippen LogP contribution is -2.14. The van der Waals surface area contributed by atoms with Gasteiger partial charge in [0.2, 0.25) is 0 Å². The molecule has 0 amide bonds. The Kier molecular flexibility index (Phi) is 3.93. The summed E-state index contributed by atoms with van der Waals surface area (Å²) in [4.78, 5) is 11.6. The first kappa shape index (κ1) is 13.0. The Morgan fingerprint density at radius 2 is 2.06 bits per heavy atom. The van der Waals surface area contributed by atoms with Crippen molar-refractivity contribution in [2.24, 2.45) is 0 Å². The Balaban J connectivity index is 3.01. The molecule has 4 nitrogen and oxygen atoms in total. The molecule has 0 aliphatic heterocycles. The summed E-state index contributed by atoms with van der Waals surface area (Å²) in [6, 6.07) is 4.48. The van der Waals surface area contributed by atoms with Crippen molar-refractivity contribution in [3.8, 4) is 5.75 Å². The van der Waals surface area contributed by atoms with E-state index in [0.29, 0.717) is 5.75 Å².